The molecule has 1 aromatic heterocycles. The maximum absolute atomic E-state index is 11.5. The second kappa shape index (κ2) is 3.58. The summed E-state index contributed by atoms with van der Waals surface area (Å²) in [7, 11) is -3.88. The first-order chi connectivity index (χ1) is 7.15. The zero-order chi connectivity index (χ0) is 10.9. The Hall–Kier alpha value is -1.49. The Kier molecular flexibility index (Phi) is 2.40. The van der Waals surface area contributed by atoms with E-state index in [9.17, 15) is 13.2 Å². The normalized spacial score (nSPS) is 11.2. The van der Waals surface area contributed by atoms with Crippen LogP contribution in [0.2, 0.25) is 0 Å². The molecule has 0 radical (unpaired) electrons. The Balaban J connectivity index is 2.79. The molecule has 0 aliphatic carbocycles. The number of rotatable bonds is 2. The van der Waals surface area contributed by atoms with Gasteiger partial charge in [0.15, 0.2) is 0 Å². The lowest BCUT2D eigenvalue weighted by molar-refractivity contribution is 0.563. The van der Waals surface area contributed by atoms with Crippen molar-refractivity contribution >= 4 is 37.5 Å². The Bertz CT molecular complexity index is 651. The predicted molar refractivity (Wildman–Crippen MR) is 57.1 cm³/mol. The first-order valence-electron chi connectivity index (χ1n) is 3.95. The van der Waals surface area contributed by atoms with Gasteiger partial charge in [-0.1, -0.05) is 22.6 Å². The van der Waals surface area contributed by atoms with Crippen molar-refractivity contribution in [3.8, 4) is 0 Å². The van der Waals surface area contributed by atoms with Gasteiger partial charge in [-0.25, -0.2) is 4.79 Å². The molecule has 0 bridgehead atoms. The Morgan fingerprint density at radius 3 is 2.73 bits per heavy atom. The minimum atomic E-state index is -3.88. The van der Waals surface area contributed by atoms with E-state index in [-0.39, 0.29) is 4.90 Å². The fourth-order valence-electron chi connectivity index (χ4n) is 1.25. The monoisotopic (exact) mass is 239 g/mol. The van der Waals surface area contributed by atoms with E-state index >= 15 is 0 Å². The third-order valence-electron chi connectivity index (χ3n) is 1.88. The van der Waals surface area contributed by atoms with Crippen LogP contribution in [0, 0.1) is 0 Å². The molecule has 0 spiro atoms. The molecule has 0 unspecified atom stereocenters. The molecule has 0 saturated carbocycles. The number of isocyanates is 1. The number of carbonyl (C=O) groups excluding carboxylic acids is 1. The van der Waals surface area contributed by atoms with Crippen LogP contribution in [0.3, 0.4) is 0 Å². The van der Waals surface area contributed by atoms with Crippen LogP contribution < -0.4 is 0 Å². The van der Waals surface area contributed by atoms with Crippen molar-refractivity contribution in [1.29, 1.82) is 0 Å². The van der Waals surface area contributed by atoms with Crippen molar-refractivity contribution in [3.63, 3.8) is 0 Å². The van der Waals surface area contributed by atoms with E-state index < -0.39 is 10.0 Å². The van der Waals surface area contributed by atoms with E-state index in [1.54, 1.807) is 12.1 Å². The van der Waals surface area contributed by atoms with Gasteiger partial charge >= 0.3 is 0 Å². The fraction of sp³-hybridized carbons (Fsp3) is 0. The Morgan fingerprint density at radius 2 is 2.00 bits per heavy atom. The molecule has 76 valence electrons. The first kappa shape index (κ1) is 10.0. The van der Waals surface area contributed by atoms with Crippen molar-refractivity contribution in [2.24, 2.45) is 4.40 Å². The molecule has 0 amide bonds. The summed E-state index contributed by atoms with van der Waals surface area (Å²) >= 11 is 1.30. The molecule has 2 rings (SSSR count). The lowest BCUT2D eigenvalue weighted by Gasteiger charge is -1.93. The maximum atomic E-state index is 11.5. The Morgan fingerprint density at radius 1 is 1.27 bits per heavy atom. The lowest BCUT2D eigenvalue weighted by Crippen LogP contribution is -1.94. The van der Waals surface area contributed by atoms with Gasteiger partial charge in [0, 0.05) is 15.5 Å². The number of benzene rings is 1. The predicted octanol–water partition coefficient (Wildman–Crippen LogP) is 1.93. The number of nitrogens with zero attached hydrogens (tertiary/aromatic N) is 1. The summed E-state index contributed by atoms with van der Waals surface area (Å²) < 4.78 is 26.6. The number of sulfonamides is 1. The average molecular weight is 239 g/mol. The van der Waals surface area contributed by atoms with Crippen molar-refractivity contribution in [2.45, 2.75) is 4.90 Å². The summed E-state index contributed by atoms with van der Waals surface area (Å²) in [5, 5.41) is 2.06. The average Bonchev–Trinajstić information content (AvgIpc) is 2.61. The molecule has 4 nitrogen and oxygen atoms in total. The van der Waals surface area contributed by atoms with Crippen LogP contribution in [-0.2, 0) is 14.8 Å². The number of hydrogen-bond acceptors (Lipinski definition) is 4. The molecule has 0 N–H and O–H groups in total. The van der Waals surface area contributed by atoms with E-state index in [0.29, 0.717) is 5.39 Å². The fourth-order valence-corrected chi connectivity index (χ4v) is 3.42. The molecule has 1 aromatic carbocycles. The van der Waals surface area contributed by atoms with Gasteiger partial charge in [-0.3, -0.25) is 0 Å². The number of hydrogen-bond donors (Lipinski definition) is 0. The van der Waals surface area contributed by atoms with Crippen LogP contribution in [0.1, 0.15) is 0 Å². The van der Waals surface area contributed by atoms with Crippen LogP contribution >= 0.6 is 11.3 Å². The quantitative estimate of drug-likeness (QED) is 0.594. The zero-order valence-electron chi connectivity index (χ0n) is 7.38. The third kappa shape index (κ3) is 1.70. The lowest BCUT2D eigenvalue weighted by atomic mass is 10.3. The van der Waals surface area contributed by atoms with Crippen molar-refractivity contribution in [2.75, 3.05) is 0 Å². The summed E-state index contributed by atoms with van der Waals surface area (Å²) in [6.07, 6.45) is 1.05. The van der Waals surface area contributed by atoms with Gasteiger partial charge in [0.2, 0.25) is 0 Å². The second-order valence-electron chi connectivity index (χ2n) is 2.75. The standard InChI is InChI=1S/C9H5NO3S2/c11-6-10-15(12,13)9-5-14-8-4-2-1-3-7(8)9/h1-5H. The van der Waals surface area contributed by atoms with Gasteiger partial charge in [-0.2, -0.15) is 8.42 Å². The minimum absolute atomic E-state index is 0.0615. The molecule has 0 atom stereocenters. The van der Waals surface area contributed by atoms with E-state index in [0.717, 1.165) is 10.8 Å². The zero-order valence-corrected chi connectivity index (χ0v) is 9.01. The van der Waals surface area contributed by atoms with Crippen LogP contribution in [0.25, 0.3) is 10.1 Å². The van der Waals surface area contributed by atoms with E-state index in [4.69, 9.17) is 0 Å². The Labute approximate surface area is 89.9 Å². The second-order valence-corrected chi connectivity index (χ2v) is 5.24. The SMILES string of the molecule is O=C=NS(=O)(=O)c1csc2ccccc12. The summed E-state index contributed by atoms with van der Waals surface area (Å²) in [5.74, 6) is 0. The molecule has 6 heteroatoms. The van der Waals surface area contributed by atoms with Gasteiger partial charge in [-0.15, -0.1) is 11.3 Å². The van der Waals surface area contributed by atoms with Gasteiger partial charge in [-0.05, 0) is 6.07 Å². The summed E-state index contributed by atoms with van der Waals surface area (Å²) in [5.41, 5.74) is 0. The number of fused-ring (bicyclic) bond motifs is 1. The molecule has 0 saturated heterocycles. The van der Waals surface area contributed by atoms with E-state index in [1.165, 1.54) is 16.7 Å². The molecule has 2 aromatic rings. The summed E-state index contributed by atoms with van der Waals surface area (Å²) in [6, 6.07) is 7.04. The highest BCUT2D eigenvalue weighted by atomic mass is 32.2. The first-order valence-corrected chi connectivity index (χ1v) is 6.27. The highest BCUT2D eigenvalue weighted by Crippen LogP contribution is 2.29. The molecule has 0 fully saturated rings. The molecule has 15 heavy (non-hydrogen) atoms. The van der Waals surface area contributed by atoms with Gasteiger partial charge in [0.25, 0.3) is 16.1 Å². The van der Waals surface area contributed by atoms with Crippen molar-refractivity contribution < 1.29 is 13.2 Å². The van der Waals surface area contributed by atoms with Crippen LogP contribution in [-0.4, -0.2) is 14.5 Å². The highest BCUT2D eigenvalue weighted by molar-refractivity contribution is 7.90. The third-order valence-corrected chi connectivity index (χ3v) is 4.20. The molecule has 1 heterocycles. The number of thiophene rings is 1. The van der Waals surface area contributed by atoms with Crippen LogP contribution in [0.15, 0.2) is 38.9 Å². The van der Waals surface area contributed by atoms with Crippen molar-refractivity contribution in [3.05, 3.63) is 29.6 Å². The van der Waals surface area contributed by atoms with Gasteiger partial charge in [0.05, 0.1) is 0 Å². The largest absolute Gasteiger partial charge is 0.294 e. The van der Waals surface area contributed by atoms with Gasteiger partial charge < -0.3 is 0 Å². The van der Waals surface area contributed by atoms with Crippen LogP contribution in [0.5, 0.6) is 0 Å². The summed E-state index contributed by atoms with van der Waals surface area (Å²) in [4.78, 5) is 10.0. The van der Waals surface area contributed by atoms with E-state index in [2.05, 4.69) is 4.40 Å². The molecule has 0 aliphatic heterocycles. The highest BCUT2D eigenvalue weighted by Gasteiger charge is 2.17. The molecule has 0 aliphatic rings. The minimum Gasteiger partial charge on any atom is -0.210 e. The summed E-state index contributed by atoms with van der Waals surface area (Å²) in [6.45, 7) is 0. The molecular weight excluding hydrogens is 234 g/mol. The van der Waals surface area contributed by atoms with Gasteiger partial charge in [0.1, 0.15) is 4.90 Å². The topological polar surface area (TPSA) is 63.6 Å². The van der Waals surface area contributed by atoms with E-state index in [1.807, 2.05) is 12.1 Å². The van der Waals surface area contributed by atoms with Crippen molar-refractivity contribution in [1.82, 2.24) is 0 Å². The molecular formula is C9H5NO3S2. The maximum Gasteiger partial charge on any atom is 0.294 e. The van der Waals surface area contributed by atoms with Crippen LogP contribution in [0.4, 0.5) is 0 Å². The smallest absolute Gasteiger partial charge is 0.210 e.